The fraction of sp³-hybridized carbons (Fsp3) is 0.556. The van der Waals surface area contributed by atoms with Gasteiger partial charge in [-0.3, -0.25) is 0 Å². The largest absolute Gasteiger partial charge is 0.390 e. The third-order valence-electron chi connectivity index (χ3n) is 8.52. The molecule has 4 bridgehead atoms. The van der Waals surface area contributed by atoms with Crippen molar-refractivity contribution >= 4 is 45.0 Å². The molecule has 3 unspecified atom stereocenters. The van der Waals surface area contributed by atoms with Crippen molar-refractivity contribution in [1.29, 1.82) is 0 Å². The Morgan fingerprint density at radius 2 is 1.50 bits per heavy atom. The number of nitrogens with zero attached hydrogens (tertiary/aromatic N) is 1. The minimum Gasteiger partial charge on any atom is -0.390 e. The van der Waals surface area contributed by atoms with Gasteiger partial charge < -0.3 is 15.0 Å². The summed E-state index contributed by atoms with van der Waals surface area (Å²) in [6, 6.07) is 11.9. The first-order valence-electron chi connectivity index (χ1n) is 12.0. The number of β-amino-alcohol motifs (C(OH)–C–C–N with tert-alkyl or cyclic N) is 1. The third kappa shape index (κ3) is 3.48. The Labute approximate surface area is 200 Å². The number of hydrogen-bond donors (Lipinski definition) is 2. The first-order chi connectivity index (χ1) is 15.1. The lowest BCUT2D eigenvalue weighted by Crippen LogP contribution is -2.65. The number of aliphatic hydroxyl groups excluding tert-OH is 1. The lowest BCUT2D eigenvalue weighted by molar-refractivity contribution is -0.119. The second-order valence-corrected chi connectivity index (χ2v) is 12.8. The minimum absolute atomic E-state index is 0.200. The lowest BCUT2D eigenvalue weighted by atomic mass is 9.43. The van der Waals surface area contributed by atoms with Gasteiger partial charge in [0.15, 0.2) is 0 Å². The van der Waals surface area contributed by atoms with Crippen LogP contribution in [0.25, 0.3) is 21.8 Å². The van der Waals surface area contributed by atoms with E-state index in [9.17, 15) is 5.11 Å². The van der Waals surface area contributed by atoms with Crippen LogP contribution in [0, 0.1) is 16.7 Å². The monoisotopic (exact) mass is 470 g/mol. The van der Waals surface area contributed by atoms with Crippen LogP contribution in [0.5, 0.6) is 0 Å². The normalized spacial score (nSPS) is 34.6. The SMILES string of the molecule is CC12CC3CC(C)(C1)CC(NCC(O)Cn1c4ccc(Cl)cc4c4cc(Cl)ccc41)(C3)C2. The van der Waals surface area contributed by atoms with Crippen molar-refractivity contribution in [2.24, 2.45) is 16.7 Å². The van der Waals surface area contributed by atoms with Gasteiger partial charge in [0.05, 0.1) is 12.6 Å². The highest BCUT2D eigenvalue weighted by molar-refractivity contribution is 6.33. The Balaban J connectivity index is 1.26. The highest BCUT2D eigenvalue weighted by Gasteiger charge is 2.59. The van der Waals surface area contributed by atoms with Gasteiger partial charge in [-0.2, -0.15) is 0 Å². The van der Waals surface area contributed by atoms with Crippen LogP contribution in [0.15, 0.2) is 36.4 Å². The zero-order valence-corrected chi connectivity index (χ0v) is 20.4. The quantitative estimate of drug-likeness (QED) is 0.429. The van der Waals surface area contributed by atoms with Crippen LogP contribution in [0.2, 0.25) is 10.0 Å². The molecule has 1 heterocycles. The molecular formula is C27H32Cl2N2O. The Hall–Kier alpha value is -1.26. The molecule has 3 nitrogen and oxygen atoms in total. The van der Waals surface area contributed by atoms with Crippen LogP contribution in [-0.4, -0.2) is 27.9 Å². The van der Waals surface area contributed by atoms with Gasteiger partial charge in [-0.05, 0) is 91.7 Å². The number of halogens is 2. The van der Waals surface area contributed by atoms with Crippen molar-refractivity contribution < 1.29 is 5.11 Å². The number of fused-ring (bicyclic) bond motifs is 3. The average molecular weight is 471 g/mol. The van der Waals surface area contributed by atoms with E-state index in [1.165, 1.54) is 38.5 Å². The summed E-state index contributed by atoms with van der Waals surface area (Å²) in [6.45, 7) is 6.17. The molecule has 0 saturated heterocycles. The number of nitrogens with one attached hydrogen (secondary N) is 1. The molecule has 0 amide bonds. The highest BCUT2D eigenvalue weighted by Crippen LogP contribution is 2.66. The van der Waals surface area contributed by atoms with E-state index in [0.29, 0.717) is 34.0 Å². The summed E-state index contributed by atoms with van der Waals surface area (Å²) < 4.78 is 2.21. The summed E-state index contributed by atoms with van der Waals surface area (Å²) in [5.74, 6) is 0.845. The van der Waals surface area contributed by atoms with Crippen LogP contribution in [0.3, 0.4) is 0 Å². The first kappa shape index (κ1) is 21.3. The summed E-state index contributed by atoms with van der Waals surface area (Å²) in [5, 5.41) is 18.6. The van der Waals surface area contributed by atoms with Gasteiger partial charge in [-0.15, -0.1) is 0 Å². The van der Waals surface area contributed by atoms with Gasteiger partial charge >= 0.3 is 0 Å². The van der Waals surface area contributed by atoms with E-state index in [4.69, 9.17) is 23.2 Å². The first-order valence-corrected chi connectivity index (χ1v) is 12.7. The van der Waals surface area contributed by atoms with Gasteiger partial charge in [0.25, 0.3) is 0 Å². The molecule has 4 aliphatic rings. The fourth-order valence-electron chi connectivity index (χ4n) is 8.50. The summed E-state index contributed by atoms with van der Waals surface area (Å²) in [6.07, 6.45) is 7.47. The van der Waals surface area contributed by atoms with Gasteiger partial charge in [-0.25, -0.2) is 0 Å². The van der Waals surface area contributed by atoms with Crippen molar-refractivity contribution in [1.82, 2.24) is 9.88 Å². The predicted molar refractivity (Wildman–Crippen MR) is 134 cm³/mol. The number of aliphatic hydroxyl groups is 1. The topological polar surface area (TPSA) is 37.2 Å². The van der Waals surface area contributed by atoms with E-state index in [0.717, 1.165) is 27.7 Å². The number of rotatable bonds is 5. The molecule has 170 valence electrons. The molecule has 2 aromatic carbocycles. The number of hydrogen-bond acceptors (Lipinski definition) is 2. The molecule has 3 aromatic rings. The zero-order chi connectivity index (χ0) is 22.3. The summed E-state index contributed by atoms with van der Waals surface area (Å²) in [4.78, 5) is 0. The van der Waals surface area contributed by atoms with Gasteiger partial charge in [-0.1, -0.05) is 37.0 Å². The van der Waals surface area contributed by atoms with Crippen molar-refractivity contribution in [3.05, 3.63) is 46.4 Å². The van der Waals surface area contributed by atoms with Gasteiger partial charge in [0, 0.05) is 43.9 Å². The molecular weight excluding hydrogens is 439 g/mol. The molecule has 0 spiro atoms. The molecule has 32 heavy (non-hydrogen) atoms. The van der Waals surface area contributed by atoms with Crippen molar-refractivity contribution in [3.8, 4) is 0 Å². The summed E-state index contributed by atoms with van der Waals surface area (Å²) >= 11 is 12.6. The molecule has 0 radical (unpaired) electrons. The van der Waals surface area contributed by atoms with E-state index in [1.807, 2.05) is 36.4 Å². The van der Waals surface area contributed by atoms with E-state index < -0.39 is 6.10 Å². The Morgan fingerprint density at radius 1 is 0.938 bits per heavy atom. The number of aromatic nitrogens is 1. The maximum atomic E-state index is 11.1. The molecule has 3 atom stereocenters. The Bertz CT molecular complexity index is 1140. The van der Waals surface area contributed by atoms with E-state index in [-0.39, 0.29) is 5.54 Å². The average Bonchev–Trinajstić information content (AvgIpc) is 2.96. The van der Waals surface area contributed by atoms with E-state index >= 15 is 0 Å². The Morgan fingerprint density at radius 3 is 2.03 bits per heavy atom. The van der Waals surface area contributed by atoms with Gasteiger partial charge in [0.2, 0.25) is 0 Å². The molecule has 4 fully saturated rings. The second-order valence-electron chi connectivity index (χ2n) is 11.9. The molecule has 4 saturated carbocycles. The van der Waals surface area contributed by atoms with Crippen LogP contribution in [0.1, 0.15) is 52.4 Å². The predicted octanol–water partition coefficient (Wildman–Crippen LogP) is 6.80. The van der Waals surface area contributed by atoms with Gasteiger partial charge in [0.1, 0.15) is 0 Å². The standard InChI is InChI=1S/C27H32Cl2N2O/c1-25-9-17-10-26(2,14-25)16-27(11-17,15-25)30-12-20(32)13-31-23-5-3-18(28)7-21(23)22-8-19(29)4-6-24(22)31/h3-8,17,20,30,32H,9-16H2,1-2H3. The van der Waals surface area contributed by atoms with Crippen LogP contribution < -0.4 is 5.32 Å². The summed E-state index contributed by atoms with van der Waals surface area (Å²) in [5.41, 5.74) is 3.31. The fourth-order valence-corrected chi connectivity index (χ4v) is 8.84. The minimum atomic E-state index is -0.464. The zero-order valence-electron chi connectivity index (χ0n) is 18.9. The smallest absolute Gasteiger partial charge is 0.0843 e. The maximum Gasteiger partial charge on any atom is 0.0843 e. The maximum absolute atomic E-state index is 11.1. The molecule has 7 rings (SSSR count). The molecule has 1 aromatic heterocycles. The molecule has 0 aliphatic heterocycles. The molecule has 5 heteroatoms. The van der Waals surface area contributed by atoms with Crippen LogP contribution >= 0.6 is 23.2 Å². The van der Waals surface area contributed by atoms with Crippen LogP contribution in [0.4, 0.5) is 0 Å². The van der Waals surface area contributed by atoms with Crippen LogP contribution in [-0.2, 0) is 6.54 Å². The van der Waals surface area contributed by atoms with Crippen molar-refractivity contribution in [2.45, 2.75) is 70.6 Å². The Kier molecular flexibility index (Phi) is 4.74. The second kappa shape index (κ2) is 7.12. The van der Waals surface area contributed by atoms with Crippen molar-refractivity contribution in [2.75, 3.05) is 6.54 Å². The van der Waals surface area contributed by atoms with E-state index in [2.05, 4.69) is 23.7 Å². The summed E-state index contributed by atoms with van der Waals surface area (Å²) in [7, 11) is 0. The van der Waals surface area contributed by atoms with E-state index in [1.54, 1.807) is 0 Å². The molecule has 2 N–H and O–H groups in total. The highest BCUT2D eigenvalue weighted by atomic mass is 35.5. The number of benzene rings is 2. The lowest BCUT2D eigenvalue weighted by Gasteiger charge is -2.65. The van der Waals surface area contributed by atoms with Crippen molar-refractivity contribution in [3.63, 3.8) is 0 Å². The third-order valence-corrected chi connectivity index (χ3v) is 8.99. The molecule has 4 aliphatic carbocycles.